The zero-order valence-electron chi connectivity index (χ0n) is 13.8. The normalized spacial score (nSPS) is 14.4. The number of carbonyl (C=O) groups excluding carboxylic acids is 2. The Morgan fingerprint density at radius 3 is 2.65 bits per heavy atom. The standard InChI is InChI=1S/C17H24N2O4/c1-3-14-6-4-5-7-15(14)23-13-17(21)18(2)12-16(20)19-8-10-22-11-9-19/h4-7H,3,8-13H2,1-2H3. The molecule has 0 unspecified atom stereocenters. The summed E-state index contributed by atoms with van der Waals surface area (Å²) < 4.78 is 10.8. The zero-order valence-corrected chi connectivity index (χ0v) is 13.8. The first-order valence-electron chi connectivity index (χ1n) is 7.92. The SMILES string of the molecule is CCc1ccccc1OCC(=O)N(C)CC(=O)N1CCOCC1. The van der Waals surface area contributed by atoms with Crippen LogP contribution in [0.3, 0.4) is 0 Å². The first-order chi connectivity index (χ1) is 11.1. The van der Waals surface area contributed by atoms with E-state index in [1.807, 2.05) is 31.2 Å². The van der Waals surface area contributed by atoms with Gasteiger partial charge in [0.15, 0.2) is 6.61 Å². The summed E-state index contributed by atoms with van der Waals surface area (Å²) in [7, 11) is 1.62. The fourth-order valence-electron chi connectivity index (χ4n) is 2.39. The van der Waals surface area contributed by atoms with Crippen LogP contribution in [-0.2, 0) is 20.7 Å². The molecule has 1 fully saturated rings. The third-order valence-corrected chi connectivity index (χ3v) is 3.87. The molecule has 1 aromatic carbocycles. The number of likely N-dealkylation sites (N-methyl/N-ethyl adjacent to an activating group) is 1. The van der Waals surface area contributed by atoms with Crippen molar-refractivity contribution in [2.45, 2.75) is 13.3 Å². The van der Waals surface area contributed by atoms with Gasteiger partial charge in [0, 0.05) is 20.1 Å². The molecular weight excluding hydrogens is 296 g/mol. The Bertz CT molecular complexity index is 541. The molecule has 0 atom stereocenters. The van der Waals surface area contributed by atoms with Crippen LogP contribution in [0.15, 0.2) is 24.3 Å². The molecule has 1 aromatic rings. The smallest absolute Gasteiger partial charge is 0.260 e. The highest BCUT2D eigenvalue weighted by Gasteiger charge is 2.20. The number of para-hydroxylation sites is 1. The van der Waals surface area contributed by atoms with Crippen LogP contribution in [0.25, 0.3) is 0 Å². The highest BCUT2D eigenvalue weighted by molar-refractivity contribution is 5.85. The van der Waals surface area contributed by atoms with Crippen molar-refractivity contribution in [2.24, 2.45) is 0 Å². The zero-order chi connectivity index (χ0) is 16.7. The summed E-state index contributed by atoms with van der Waals surface area (Å²) >= 11 is 0. The number of amides is 2. The van der Waals surface area contributed by atoms with Gasteiger partial charge in [0.25, 0.3) is 5.91 Å². The van der Waals surface area contributed by atoms with Crippen molar-refractivity contribution in [3.8, 4) is 5.75 Å². The summed E-state index contributed by atoms with van der Waals surface area (Å²) in [6.45, 7) is 4.32. The first-order valence-corrected chi connectivity index (χ1v) is 7.92. The van der Waals surface area contributed by atoms with Crippen LogP contribution >= 0.6 is 0 Å². The number of morpholine rings is 1. The number of aryl methyl sites for hydroxylation is 1. The average Bonchev–Trinajstić information content (AvgIpc) is 2.60. The molecule has 0 radical (unpaired) electrons. The van der Waals surface area contributed by atoms with E-state index in [-0.39, 0.29) is 25.0 Å². The lowest BCUT2D eigenvalue weighted by Crippen LogP contribution is -2.46. The van der Waals surface area contributed by atoms with Crippen molar-refractivity contribution >= 4 is 11.8 Å². The van der Waals surface area contributed by atoms with E-state index < -0.39 is 0 Å². The monoisotopic (exact) mass is 320 g/mol. The molecule has 0 aromatic heterocycles. The largest absolute Gasteiger partial charge is 0.483 e. The Balaban J connectivity index is 1.81. The molecule has 1 aliphatic rings. The van der Waals surface area contributed by atoms with E-state index in [2.05, 4.69) is 0 Å². The van der Waals surface area contributed by atoms with E-state index in [0.29, 0.717) is 26.3 Å². The second kappa shape index (κ2) is 8.53. The minimum absolute atomic E-state index is 0.0573. The molecule has 126 valence electrons. The fourth-order valence-corrected chi connectivity index (χ4v) is 2.39. The van der Waals surface area contributed by atoms with Crippen LogP contribution in [-0.4, -0.2) is 68.1 Å². The van der Waals surface area contributed by atoms with Crippen LogP contribution in [0.2, 0.25) is 0 Å². The average molecular weight is 320 g/mol. The summed E-state index contributed by atoms with van der Waals surface area (Å²) in [6, 6.07) is 7.65. The summed E-state index contributed by atoms with van der Waals surface area (Å²) in [4.78, 5) is 27.4. The van der Waals surface area contributed by atoms with Crippen LogP contribution in [0.5, 0.6) is 5.75 Å². The lowest BCUT2D eigenvalue weighted by atomic mass is 10.1. The number of rotatable bonds is 6. The van der Waals surface area contributed by atoms with Gasteiger partial charge in [0.1, 0.15) is 5.75 Å². The molecule has 1 aliphatic heterocycles. The number of carbonyl (C=O) groups is 2. The Labute approximate surface area is 137 Å². The number of nitrogens with zero attached hydrogens (tertiary/aromatic N) is 2. The number of benzene rings is 1. The Kier molecular flexibility index (Phi) is 6.40. The van der Waals surface area contributed by atoms with Gasteiger partial charge >= 0.3 is 0 Å². The van der Waals surface area contributed by atoms with Gasteiger partial charge in [-0.2, -0.15) is 0 Å². The van der Waals surface area contributed by atoms with Gasteiger partial charge in [-0.15, -0.1) is 0 Å². The molecule has 23 heavy (non-hydrogen) atoms. The molecule has 6 nitrogen and oxygen atoms in total. The van der Waals surface area contributed by atoms with Gasteiger partial charge in [-0.3, -0.25) is 9.59 Å². The number of hydrogen-bond donors (Lipinski definition) is 0. The van der Waals surface area contributed by atoms with E-state index in [4.69, 9.17) is 9.47 Å². The van der Waals surface area contributed by atoms with Crippen molar-refractivity contribution in [3.05, 3.63) is 29.8 Å². The van der Waals surface area contributed by atoms with Crippen molar-refractivity contribution < 1.29 is 19.1 Å². The van der Waals surface area contributed by atoms with E-state index >= 15 is 0 Å². The van der Waals surface area contributed by atoms with Crippen LogP contribution in [0.1, 0.15) is 12.5 Å². The van der Waals surface area contributed by atoms with Crippen molar-refractivity contribution in [3.63, 3.8) is 0 Å². The molecule has 0 spiro atoms. The van der Waals surface area contributed by atoms with Gasteiger partial charge < -0.3 is 19.3 Å². The molecular formula is C17H24N2O4. The minimum atomic E-state index is -0.211. The molecule has 1 saturated heterocycles. The third-order valence-electron chi connectivity index (χ3n) is 3.87. The van der Waals surface area contributed by atoms with Crippen molar-refractivity contribution in [1.82, 2.24) is 9.80 Å². The minimum Gasteiger partial charge on any atom is -0.483 e. The molecule has 0 bridgehead atoms. The highest BCUT2D eigenvalue weighted by Crippen LogP contribution is 2.18. The number of hydrogen-bond acceptors (Lipinski definition) is 4. The molecule has 0 saturated carbocycles. The van der Waals surface area contributed by atoms with E-state index in [9.17, 15) is 9.59 Å². The van der Waals surface area contributed by atoms with Gasteiger partial charge in [-0.1, -0.05) is 25.1 Å². The highest BCUT2D eigenvalue weighted by atomic mass is 16.5. The predicted octanol–water partition coefficient (Wildman–Crippen LogP) is 0.945. The molecule has 6 heteroatoms. The maximum absolute atomic E-state index is 12.1. The summed E-state index contributed by atoms with van der Waals surface area (Å²) in [5.41, 5.74) is 1.06. The van der Waals surface area contributed by atoms with E-state index in [0.717, 1.165) is 17.7 Å². The quantitative estimate of drug-likeness (QED) is 0.783. The maximum Gasteiger partial charge on any atom is 0.260 e. The van der Waals surface area contributed by atoms with E-state index in [1.165, 1.54) is 4.90 Å². The van der Waals surface area contributed by atoms with Crippen molar-refractivity contribution in [2.75, 3.05) is 46.5 Å². The lowest BCUT2D eigenvalue weighted by Gasteiger charge is -2.28. The Hall–Kier alpha value is -2.08. The molecule has 0 N–H and O–H groups in total. The number of ether oxygens (including phenoxy) is 2. The molecule has 0 aliphatic carbocycles. The van der Waals surface area contributed by atoms with Crippen molar-refractivity contribution in [1.29, 1.82) is 0 Å². The fraction of sp³-hybridized carbons (Fsp3) is 0.529. The van der Waals surface area contributed by atoms with Gasteiger partial charge in [0.2, 0.25) is 5.91 Å². The predicted molar refractivity (Wildman–Crippen MR) is 86.4 cm³/mol. The second-order valence-electron chi connectivity index (χ2n) is 5.49. The van der Waals surface area contributed by atoms with E-state index in [1.54, 1.807) is 11.9 Å². The maximum atomic E-state index is 12.1. The summed E-state index contributed by atoms with van der Waals surface area (Å²) in [5.74, 6) is 0.451. The summed E-state index contributed by atoms with van der Waals surface area (Å²) in [6.07, 6.45) is 0.843. The van der Waals surface area contributed by atoms with Gasteiger partial charge in [-0.05, 0) is 18.1 Å². The first kappa shape index (κ1) is 17.3. The second-order valence-corrected chi connectivity index (χ2v) is 5.49. The van der Waals surface area contributed by atoms with Crippen LogP contribution < -0.4 is 4.74 Å². The van der Waals surface area contributed by atoms with Gasteiger partial charge in [-0.25, -0.2) is 0 Å². The third kappa shape index (κ3) is 4.96. The van der Waals surface area contributed by atoms with Crippen LogP contribution in [0, 0.1) is 0 Å². The molecule has 2 amide bonds. The Morgan fingerprint density at radius 1 is 1.26 bits per heavy atom. The topological polar surface area (TPSA) is 59.1 Å². The molecule has 1 heterocycles. The lowest BCUT2D eigenvalue weighted by molar-refractivity contribution is -0.142. The molecule has 2 rings (SSSR count). The summed E-state index contributed by atoms with van der Waals surface area (Å²) in [5, 5.41) is 0. The Morgan fingerprint density at radius 2 is 1.96 bits per heavy atom. The van der Waals surface area contributed by atoms with Gasteiger partial charge in [0.05, 0.1) is 19.8 Å². The van der Waals surface area contributed by atoms with Crippen LogP contribution in [0.4, 0.5) is 0 Å².